The summed E-state index contributed by atoms with van der Waals surface area (Å²) < 4.78 is 0. The third kappa shape index (κ3) is 2.92. The van der Waals surface area contributed by atoms with Gasteiger partial charge in [0.25, 0.3) is 5.91 Å². The van der Waals surface area contributed by atoms with Crippen molar-refractivity contribution in [3.63, 3.8) is 0 Å². The van der Waals surface area contributed by atoms with Crippen molar-refractivity contribution in [2.24, 2.45) is 11.6 Å². The number of pyridine rings is 1. The molecule has 1 aromatic heterocycles. The minimum atomic E-state index is -0.727. The zero-order chi connectivity index (χ0) is 12.1. The predicted molar refractivity (Wildman–Crippen MR) is 58.2 cm³/mol. The molecule has 0 radical (unpaired) electrons. The Hall–Kier alpha value is -2.15. The molecule has 0 aromatic carbocycles. The van der Waals surface area contributed by atoms with E-state index < -0.39 is 17.9 Å². The molecule has 1 unspecified atom stereocenters. The van der Waals surface area contributed by atoms with Crippen molar-refractivity contribution in [3.05, 3.63) is 23.9 Å². The summed E-state index contributed by atoms with van der Waals surface area (Å²) >= 11 is 0. The van der Waals surface area contributed by atoms with E-state index in [1.54, 1.807) is 0 Å². The van der Waals surface area contributed by atoms with Crippen molar-refractivity contribution in [1.82, 2.24) is 10.3 Å². The molecule has 1 rings (SSSR count). The molecule has 1 heterocycles. The number of nitrogens with zero attached hydrogens (tertiary/aromatic N) is 1. The number of hydrazine groups is 1. The molecule has 1 aromatic rings. The van der Waals surface area contributed by atoms with Crippen LogP contribution in [0.15, 0.2) is 18.3 Å². The Balaban J connectivity index is 2.76. The van der Waals surface area contributed by atoms with E-state index in [0.717, 1.165) is 0 Å². The lowest BCUT2D eigenvalue weighted by Gasteiger charge is -2.10. The molecule has 16 heavy (non-hydrogen) atoms. The van der Waals surface area contributed by atoms with Gasteiger partial charge in [-0.1, -0.05) is 0 Å². The van der Waals surface area contributed by atoms with Crippen LogP contribution in [0.1, 0.15) is 17.3 Å². The van der Waals surface area contributed by atoms with Crippen LogP contribution in [0.25, 0.3) is 0 Å². The number of rotatable bonds is 4. The van der Waals surface area contributed by atoms with Gasteiger partial charge in [-0.05, 0) is 19.1 Å². The summed E-state index contributed by atoms with van der Waals surface area (Å²) in [6.45, 7) is 1.50. The molecule has 1 atom stereocenters. The van der Waals surface area contributed by atoms with Gasteiger partial charge in [-0.3, -0.25) is 9.59 Å². The van der Waals surface area contributed by atoms with Crippen LogP contribution in [-0.4, -0.2) is 22.8 Å². The monoisotopic (exact) mass is 223 g/mol. The van der Waals surface area contributed by atoms with Crippen LogP contribution in [0.5, 0.6) is 0 Å². The second kappa shape index (κ2) is 5.08. The lowest BCUT2D eigenvalue weighted by molar-refractivity contribution is -0.119. The predicted octanol–water partition coefficient (Wildman–Crippen LogP) is -1.03. The van der Waals surface area contributed by atoms with Crippen LogP contribution in [0.2, 0.25) is 0 Å². The molecule has 7 nitrogen and oxygen atoms in total. The zero-order valence-corrected chi connectivity index (χ0v) is 8.73. The summed E-state index contributed by atoms with van der Waals surface area (Å²) in [5.74, 6) is 4.50. The molecule has 0 aliphatic carbocycles. The average molecular weight is 223 g/mol. The highest BCUT2D eigenvalue weighted by Gasteiger charge is 2.13. The van der Waals surface area contributed by atoms with Crippen LogP contribution < -0.4 is 22.3 Å². The highest BCUT2D eigenvalue weighted by molar-refractivity contribution is 5.97. The molecule has 0 saturated carbocycles. The first-order valence-corrected chi connectivity index (χ1v) is 4.57. The van der Waals surface area contributed by atoms with E-state index in [1.165, 1.54) is 25.3 Å². The lowest BCUT2D eigenvalue weighted by atomic mass is 10.2. The fourth-order valence-electron chi connectivity index (χ4n) is 1.00. The number of carbonyl (C=O) groups excluding carboxylic acids is 2. The van der Waals surface area contributed by atoms with Crippen LogP contribution in [-0.2, 0) is 4.79 Å². The van der Waals surface area contributed by atoms with Gasteiger partial charge >= 0.3 is 0 Å². The number of nitrogen functional groups attached to an aromatic ring is 1. The number of carbonyl (C=O) groups is 2. The summed E-state index contributed by atoms with van der Waals surface area (Å²) in [4.78, 5) is 26.2. The van der Waals surface area contributed by atoms with Gasteiger partial charge in [-0.2, -0.15) is 0 Å². The smallest absolute Gasteiger partial charge is 0.252 e. The molecule has 0 aliphatic rings. The summed E-state index contributed by atoms with van der Waals surface area (Å²) in [5.41, 5.74) is 7.68. The van der Waals surface area contributed by atoms with Gasteiger partial charge in [0.1, 0.15) is 11.9 Å². The third-order valence-electron chi connectivity index (χ3n) is 1.94. The maximum Gasteiger partial charge on any atom is 0.252 e. The van der Waals surface area contributed by atoms with Crippen molar-refractivity contribution in [3.8, 4) is 0 Å². The van der Waals surface area contributed by atoms with E-state index in [2.05, 4.69) is 15.7 Å². The fraction of sp³-hybridized carbons (Fsp3) is 0.222. The van der Waals surface area contributed by atoms with Gasteiger partial charge in [0, 0.05) is 11.8 Å². The molecule has 0 spiro atoms. The van der Waals surface area contributed by atoms with E-state index in [-0.39, 0.29) is 0 Å². The number of aromatic nitrogens is 1. The van der Waals surface area contributed by atoms with Crippen LogP contribution in [0.4, 0.5) is 5.82 Å². The Morgan fingerprint density at radius 2 is 2.19 bits per heavy atom. The van der Waals surface area contributed by atoms with Crippen molar-refractivity contribution in [2.75, 3.05) is 5.43 Å². The van der Waals surface area contributed by atoms with Gasteiger partial charge in [-0.25, -0.2) is 10.8 Å². The van der Waals surface area contributed by atoms with Gasteiger partial charge in [0.15, 0.2) is 0 Å². The Morgan fingerprint density at radius 1 is 1.50 bits per heavy atom. The minimum Gasteiger partial charge on any atom is -0.368 e. The van der Waals surface area contributed by atoms with E-state index in [0.29, 0.717) is 11.4 Å². The van der Waals surface area contributed by atoms with Crippen molar-refractivity contribution >= 4 is 17.6 Å². The van der Waals surface area contributed by atoms with Gasteiger partial charge < -0.3 is 16.5 Å². The molecule has 0 fully saturated rings. The summed E-state index contributed by atoms with van der Waals surface area (Å²) in [5, 5.41) is 2.44. The molecular formula is C9H13N5O2. The molecule has 2 amide bonds. The Kier molecular flexibility index (Phi) is 3.78. The number of primary amides is 1. The quantitative estimate of drug-likeness (QED) is 0.384. The molecule has 0 aliphatic heterocycles. The highest BCUT2D eigenvalue weighted by atomic mass is 16.2. The van der Waals surface area contributed by atoms with Crippen molar-refractivity contribution < 1.29 is 9.59 Å². The zero-order valence-electron chi connectivity index (χ0n) is 8.73. The number of nitrogens with two attached hydrogens (primary N) is 2. The fourth-order valence-corrected chi connectivity index (χ4v) is 1.00. The molecule has 6 N–H and O–H groups in total. The van der Waals surface area contributed by atoms with Crippen molar-refractivity contribution in [2.45, 2.75) is 13.0 Å². The third-order valence-corrected chi connectivity index (χ3v) is 1.94. The number of nitrogens with one attached hydrogen (secondary N) is 2. The normalized spacial score (nSPS) is 11.6. The van der Waals surface area contributed by atoms with Gasteiger partial charge in [-0.15, -0.1) is 0 Å². The number of hydrogen-bond acceptors (Lipinski definition) is 5. The van der Waals surface area contributed by atoms with E-state index >= 15 is 0 Å². The second-order valence-corrected chi connectivity index (χ2v) is 3.17. The number of anilines is 1. The summed E-state index contributed by atoms with van der Waals surface area (Å²) in [6, 6.07) is 2.24. The Bertz CT molecular complexity index is 407. The number of amides is 2. The average Bonchev–Trinajstić information content (AvgIpc) is 2.28. The molecular weight excluding hydrogens is 210 g/mol. The summed E-state index contributed by atoms with van der Waals surface area (Å²) in [6.07, 6.45) is 1.43. The van der Waals surface area contributed by atoms with Gasteiger partial charge in [0.2, 0.25) is 5.91 Å². The Labute approximate surface area is 92.2 Å². The standard InChI is InChI=1S/C9H13N5O2/c1-5(8(10)15)13-9(16)6-2-3-12-7(4-6)14-11/h2-5H,11H2,1H3,(H2,10,15)(H,12,14)(H,13,16). The SMILES string of the molecule is CC(NC(=O)c1ccnc(NN)c1)C(N)=O. The van der Waals surface area contributed by atoms with E-state index in [4.69, 9.17) is 11.6 Å². The molecule has 7 heteroatoms. The first-order chi connectivity index (χ1) is 7.54. The first-order valence-electron chi connectivity index (χ1n) is 4.57. The van der Waals surface area contributed by atoms with Crippen LogP contribution in [0, 0.1) is 0 Å². The van der Waals surface area contributed by atoms with Gasteiger partial charge in [0.05, 0.1) is 0 Å². The van der Waals surface area contributed by atoms with Crippen LogP contribution in [0.3, 0.4) is 0 Å². The minimum absolute atomic E-state index is 0.344. The topological polar surface area (TPSA) is 123 Å². The van der Waals surface area contributed by atoms with Crippen LogP contribution >= 0.6 is 0 Å². The maximum atomic E-state index is 11.6. The van der Waals surface area contributed by atoms with E-state index in [9.17, 15) is 9.59 Å². The van der Waals surface area contributed by atoms with E-state index in [1.807, 2.05) is 0 Å². The molecule has 86 valence electrons. The second-order valence-electron chi connectivity index (χ2n) is 3.17. The van der Waals surface area contributed by atoms with Crippen molar-refractivity contribution in [1.29, 1.82) is 0 Å². The maximum absolute atomic E-state index is 11.6. The Morgan fingerprint density at radius 3 is 2.75 bits per heavy atom. The largest absolute Gasteiger partial charge is 0.368 e. The number of hydrogen-bond donors (Lipinski definition) is 4. The first kappa shape index (κ1) is 11.9. The lowest BCUT2D eigenvalue weighted by Crippen LogP contribution is -2.42. The summed E-state index contributed by atoms with van der Waals surface area (Å²) in [7, 11) is 0. The highest BCUT2D eigenvalue weighted by Crippen LogP contribution is 2.05. The molecule has 0 bridgehead atoms. The molecule has 0 saturated heterocycles.